The molecule has 1 saturated heterocycles. The molecule has 0 N–H and O–H groups in total. The van der Waals surface area contributed by atoms with Gasteiger partial charge >= 0.3 is 0 Å². The molecule has 0 saturated carbocycles. The van der Waals surface area contributed by atoms with Crippen molar-refractivity contribution in [3.63, 3.8) is 0 Å². The summed E-state index contributed by atoms with van der Waals surface area (Å²) in [5.74, 6) is 0. The minimum absolute atomic E-state index is 0.0250. The normalized spacial score (nSPS) is 18.0. The summed E-state index contributed by atoms with van der Waals surface area (Å²) < 4.78 is 41.3. The fourth-order valence-corrected chi connectivity index (χ4v) is 2.90. The maximum atomic E-state index is 13.4. The second-order valence-electron chi connectivity index (χ2n) is 5.53. The highest BCUT2D eigenvalue weighted by atomic mass is 35.5. The Hall–Kier alpha value is -1.87. The first kappa shape index (κ1) is 17.0. The Morgan fingerprint density at radius 3 is 2.38 bits per heavy atom. The molecule has 0 spiro atoms. The summed E-state index contributed by atoms with van der Waals surface area (Å²) in [5.41, 5.74) is 1.25. The van der Waals surface area contributed by atoms with E-state index in [-0.39, 0.29) is 19.1 Å². The van der Waals surface area contributed by atoms with Crippen LogP contribution in [-0.2, 0) is 0 Å². The number of alkyl halides is 3. The standard InChI is InChI=1S/C14H16ClF3N6/c15-24(11-5-19-9-20-6-11)12-7-21-23(8-12)10-1-3-22(4-2-10)14(18)13(16)17/h5-10,13-14H,1-4H2. The second kappa shape index (κ2) is 7.35. The van der Waals surface area contributed by atoms with Gasteiger partial charge in [-0.3, -0.25) is 9.58 Å². The number of likely N-dealkylation sites (tertiary alicyclic amines) is 1. The first-order valence-corrected chi connectivity index (χ1v) is 7.81. The molecule has 6 nitrogen and oxygen atoms in total. The van der Waals surface area contributed by atoms with Gasteiger partial charge in [0.05, 0.1) is 42.2 Å². The van der Waals surface area contributed by atoms with E-state index in [9.17, 15) is 13.2 Å². The zero-order chi connectivity index (χ0) is 17.1. The van der Waals surface area contributed by atoms with E-state index in [1.54, 1.807) is 29.5 Å². The quantitative estimate of drug-likeness (QED) is 0.605. The van der Waals surface area contributed by atoms with Crippen molar-refractivity contribution in [1.29, 1.82) is 0 Å². The molecule has 2 aromatic heterocycles. The molecule has 1 unspecified atom stereocenters. The van der Waals surface area contributed by atoms with Crippen molar-refractivity contribution in [2.45, 2.75) is 31.6 Å². The maximum Gasteiger partial charge on any atom is 0.282 e. The molecule has 0 amide bonds. The SMILES string of the molecule is FC(F)C(F)N1CCC(n2cc(N(Cl)c3cncnc3)cn2)CC1. The lowest BCUT2D eigenvalue weighted by atomic mass is 10.1. The molecule has 24 heavy (non-hydrogen) atoms. The Bertz CT molecular complexity index is 647. The zero-order valence-electron chi connectivity index (χ0n) is 12.6. The van der Waals surface area contributed by atoms with Gasteiger partial charge < -0.3 is 0 Å². The summed E-state index contributed by atoms with van der Waals surface area (Å²) in [6, 6.07) is 0.0250. The van der Waals surface area contributed by atoms with Crippen LogP contribution in [0.3, 0.4) is 0 Å². The van der Waals surface area contributed by atoms with Crippen LogP contribution < -0.4 is 4.42 Å². The lowest BCUT2D eigenvalue weighted by molar-refractivity contribution is -0.0604. The van der Waals surface area contributed by atoms with Crippen LogP contribution in [0.4, 0.5) is 24.5 Å². The average molecular weight is 361 g/mol. The largest absolute Gasteiger partial charge is 0.282 e. The van der Waals surface area contributed by atoms with Crippen molar-refractivity contribution in [2.24, 2.45) is 0 Å². The van der Waals surface area contributed by atoms with Crippen molar-refractivity contribution in [3.8, 4) is 0 Å². The number of nitrogens with zero attached hydrogens (tertiary/aromatic N) is 6. The molecular formula is C14H16ClF3N6. The van der Waals surface area contributed by atoms with Gasteiger partial charge in [-0.25, -0.2) is 27.6 Å². The monoisotopic (exact) mass is 360 g/mol. The fourth-order valence-electron chi connectivity index (χ4n) is 2.73. The van der Waals surface area contributed by atoms with Gasteiger partial charge in [-0.1, -0.05) is 0 Å². The third-order valence-electron chi connectivity index (χ3n) is 4.02. The van der Waals surface area contributed by atoms with E-state index < -0.39 is 12.7 Å². The third kappa shape index (κ3) is 3.62. The number of hydrogen-bond acceptors (Lipinski definition) is 5. The Kier molecular flexibility index (Phi) is 5.20. The molecule has 1 fully saturated rings. The molecule has 1 atom stereocenters. The number of halogens is 4. The lowest BCUT2D eigenvalue weighted by Gasteiger charge is -2.33. The average Bonchev–Trinajstić information content (AvgIpc) is 3.11. The predicted molar refractivity (Wildman–Crippen MR) is 83.0 cm³/mol. The summed E-state index contributed by atoms with van der Waals surface area (Å²) in [4.78, 5) is 8.97. The molecule has 0 aliphatic carbocycles. The third-order valence-corrected chi connectivity index (χ3v) is 4.41. The molecule has 10 heteroatoms. The highest BCUT2D eigenvalue weighted by Gasteiger charge is 2.31. The van der Waals surface area contributed by atoms with E-state index >= 15 is 0 Å². The Balaban J connectivity index is 1.63. The molecule has 0 radical (unpaired) electrons. The zero-order valence-corrected chi connectivity index (χ0v) is 13.4. The highest BCUT2D eigenvalue weighted by molar-refractivity contribution is 6.29. The minimum atomic E-state index is -2.98. The second-order valence-corrected chi connectivity index (χ2v) is 5.87. The van der Waals surface area contributed by atoms with Crippen LogP contribution in [0.15, 0.2) is 31.1 Å². The van der Waals surface area contributed by atoms with Gasteiger partial charge in [-0.05, 0) is 12.8 Å². The van der Waals surface area contributed by atoms with Gasteiger partial charge in [0, 0.05) is 24.9 Å². The Labute approximate surface area is 142 Å². The molecule has 0 aromatic carbocycles. The van der Waals surface area contributed by atoms with Crippen LogP contribution in [0.5, 0.6) is 0 Å². The van der Waals surface area contributed by atoms with Gasteiger partial charge in [0.1, 0.15) is 6.33 Å². The van der Waals surface area contributed by atoms with Gasteiger partial charge in [-0.2, -0.15) is 5.10 Å². The van der Waals surface area contributed by atoms with E-state index in [4.69, 9.17) is 11.8 Å². The van der Waals surface area contributed by atoms with Gasteiger partial charge in [0.2, 0.25) is 6.30 Å². The van der Waals surface area contributed by atoms with Gasteiger partial charge in [-0.15, -0.1) is 0 Å². The van der Waals surface area contributed by atoms with E-state index in [1.165, 1.54) is 15.6 Å². The van der Waals surface area contributed by atoms with Crippen molar-refractivity contribution in [3.05, 3.63) is 31.1 Å². The molecule has 1 aliphatic heterocycles. The number of hydrogen-bond donors (Lipinski definition) is 0. The number of piperidine rings is 1. The topological polar surface area (TPSA) is 50.1 Å². The van der Waals surface area contributed by atoms with Crippen molar-refractivity contribution >= 4 is 23.2 Å². The molecule has 3 rings (SSSR count). The van der Waals surface area contributed by atoms with Crippen LogP contribution in [0.1, 0.15) is 18.9 Å². The molecular weight excluding hydrogens is 345 g/mol. The van der Waals surface area contributed by atoms with Crippen LogP contribution in [0, 0.1) is 0 Å². The number of anilines is 2. The predicted octanol–water partition coefficient (Wildman–Crippen LogP) is 3.16. The maximum absolute atomic E-state index is 13.4. The molecule has 130 valence electrons. The van der Waals surface area contributed by atoms with E-state index in [0.29, 0.717) is 24.2 Å². The number of rotatable bonds is 5. The summed E-state index contributed by atoms with van der Waals surface area (Å²) in [6.45, 7) is 0.533. The van der Waals surface area contributed by atoms with Gasteiger partial charge in [0.25, 0.3) is 6.43 Å². The van der Waals surface area contributed by atoms with Crippen molar-refractivity contribution < 1.29 is 13.2 Å². The Morgan fingerprint density at radius 2 is 1.75 bits per heavy atom. The van der Waals surface area contributed by atoms with E-state index in [0.717, 1.165) is 0 Å². The van der Waals surface area contributed by atoms with Crippen molar-refractivity contribution in [1.82, 2.24) is 24.6 Å². The molecule has 1 aliphatic rings. The van der Waals surface area contributed by atoms with Crippen LogP contribution in [0.25, 0.3) is 0 Å². The molecule has 3 heterocycles. The van der Waals surface area contributed by atoms with Crippen molar-refractivity contribution in [2.75, 3.05) is 17.5 Å². The highest BCUT2D eigenvalue weighted by Crippen LogP contribution is 2.30. The first-order chi connectivity index (χ1) is 11.6. The lowest BCUT2D eigenvalue weighted by Crippen LogP contribution is -2.43. The first-order valence-electron chi connectivity index (χ1n) is 7.47. The smallest absolute Gasteiger partial charge is 0.269 e. The van der Waals surface area contributed by atoms with Crippen LogP contribution in [-0.4, -0.2) is 50.5 Å². The summed E-state index contributed by atoms with van der Waals surface area (Å²) in [5, 5.41) is 4.28. The van der Waals surface area contributed by atoms with E-state index in [1.807, 2.05) is 0 Å². The molecule has 0 bridgehead atoms. The Morgan fingerprint density at radius 1 is 1.08 bits per heavy atom. The summed E-state index contributed by atoms with van der Waals surface area (Å²) in [7, 11) is 0. The number of aromatic nitrogens is 4. The van der Waals surface area contributed by atoms with E-state index in [2.05, 4.69) is 15.1 Å². The summed E-state index contributed by atoms with van der Waals surface area (Å²) in [6.07, 6.45) is 3.83. The summed E-state index contributed by atoms with van der Waals surface area (Å²) >= 11 is 6.24. The fraction of sp³-hybridized carbons (Fsp3) is 0.500. The minimum Gasteiger partial charge on any atom is -0.269 e. The molecule has 2 aromatic rings. The van der Waals surface area contributed by atoms with Crippen LogP contribution >= 0.6 is 11.8 Å². The van der Waals surface area contributed by atoms with Gasteiger partial charge in [0.15, 0.2) is 0 Å². The van der Waals surface area contributed by atoms with Crippen LogP contribution in [0.2, 0.25) is 0 Å².